The second kappa shape index (κ2) is 8.72. The highest BCUT2D eigenvalue weighted by atomic mass is 28.4. The van der Waals surface area contributed by atoms with E-state index < -0.39 is 51.5 Å². The van der Waals surface area contributed by atoms with Gasteiger partial charge in [0.25, 0.3) is 5.79 Å². The molecular weight excluding hydrogens is 411 g/mol. The molecule has 0 bridgehead atoms. The van der Waals surface area contributed by atoms with Crippen LogP contribution in [0.25, 0.3) is 0 Å². The summed E-state index contributed by atoms with van der Waals surface area (Å²) < 4.78 is 62.3. The van der Waals surface area contributed by atoms with Crippen LogP contribution in [-0.2, 0) is 30.0 Å². The smallest absolute Gasteiger partial charge is 0.444 e. The van der Waals surface area contributed by atoms with Gasteiger partial charge < -0.3 is 18.6 Å². The minimum Gasteiger partial charge on any atom is -0.469 e. The van der Waals surface area contributed by atoms with Crippen LogP contribution in [0, 0.1) is 0 Å². The van der Waals surface area contributed by atoms with Crippen LogP contribution >= 0.6 is 0 Å². The van der Waals surface area contributed by atoms with Gasteiger partial charge >= 0.3 is 18.2 Å². The van der Waals surface area contributed by atoms with Gasteiger partial charge in [0.05, 0.1) is 13.5 Å². The van der Waals surface area contributed by atoms with Gasteiger partial charge in [-0.1, -0.05) is 30.3 Å². The third-order valence-corrected chi connectivity index (χ3v) is 5.03. The Bertz CT molecular complexity index is 725. The van der Waals surface area contributed by atoms with Gasteiger partial charge in [-0.25, -0.2) is 4.79 Å². The van der Waals surface area contributed by atoms with E-state index in [4.69, 9.17) is 13.9 Å². The molecule has 1 heterocycles. The van der Waals surface area contributed by atoms with Gasteiger partial charge in [0.15, 0.2) is 8.32 Å². The average Bonchev–Trinajstić information content (AvgIpc) is 2.98. The van der Waals surface area contributed by atoms with Crippen LogP contribution in [0.3, 0.4) is 0 Å². The van der Waals surface area contributed by atoms with E-state index in [-0.39, 0.29) is 6.61 Å². The lowest BCUT2D eigenvalue weighted by atomic mass is 10.0. The van der Waals surface area contributed by atoms with Crippen molar-refractivity contribution in [2.75, 3.05) is 13.8 Å². The quantitative estimate of drug-likeness (QED) is 0.502. The molecule has 0 radical (unpaired) electrons. The summed E-state index contributed by atoms with van der Waals surface area (Å²) in [6, 6.07) is 6.86. The van der Waals surface area contributed by atoms with Crippen LogP contribution in [0.15, 0.2) is 30.3 Å². The zero-order valence-corrected chi connectivity index (χ0v) is 17.6. The zero-order chi connectivity index (χ0) is 21.9. The molecule has 1 aromatic rings. The lowest BCUT2D eigenvalue weighted by Crippen LogP contribution is -2.62. The molecule has 1 saturated heterocycles. The van der Waals surface area contributed by atoms with Crippen molar-refractivity contribution in [3.8, 4) is 0 Å². The number of rotatable bonds is 6. The fourth-order valence-corrected chi connectivity index (χ4v) is 4.13. The predicted octanol–water partition coefficient (Wildman–Crippen LogP) is 3.65. The lowest BCUT2D eigenvalue weighted by molar-refractivity contribution is -0.345. The highest BCUT2D eigenvalue weighted by Gasteiger charge is 2.69. The maximum absolute atomic E-state index is 14.1. The number of esters is 1. The summed E-state index contributed by atoms with van der Waals surface area (Å²) in [6.45, 7) is 3.77. The van der Waals surface area contributed by atoms with Crippen molar-refractivity contribution in [1.29, 1.82) is 0 Å². The number of alkyl halides is 3. The summed E-state index contributed by atoms with van der Waals surface area (Å²) in [6.07, 6.45) is -6.81. The maximum Gasteiger partial charge on any atom is 0.444 e. The average molecular weight is 435 g/mol. The molecule has 0 spiro atoms. The highest BCUT2D eigenvalue weighted by molar-refractivity contribution is 6.69. The summed E-state index contributed by atoms with van der Waals surface area (Å²) in [7, 11) is -1.77. The zero-order valence-electron chi connectivity index (χ0n) is 16.6. The van der Waals surface area contributed by atoms with E-state index >= 15 is 0 Å². The molecular formula is C18H24F3NO6Si. The molecule has 1 unspecified atom stereocenters. The van der Waals surface area contributed by atoms with Crippen molar-refractivity contribution in [3.63, 3.8) is 0 Å². The normalized spacial score (nSPS) is 22.4. The van der Waals surface area contributed by atoms with Crippen LogP contribution < -0.4 is 0 Å². The van der Waals surface area contributed by atoms with Crippen LogP contribution in [0.4, 0.5) is 18.0 Å². The Morgan fingerprint density at radius 3 is 2.38 bits per heavy atom. The highest BCUT2D eigenvalue weighted by Crippen LogP contribution is 2.46. The monoisotopic (exact) mass is 435 g/mol. The minimum atomic E-state index is -5.00. The van der Waals surface area contributed by atoms with Crippen molar-refractivity contribution >= 4 is 20.4 Å². The number of hydrogen-bond donors (Lipinski definition) is 0. The van der Waals surface area contributed by atoms with Crippen molar-refractivity contribution in [1.82, 2.24) is 4.90 Å². The Balaban J connectivity index is 2.31. The Morgan fingerprint density at radius 1 is 1.24 bits per heavy atom. The molecule has 0 saturated carbocycles. The molecule has 0 aliphatic carbocycles. The van der Waals surface area contributed by atoms with E-state index in [0.717, 1.165) is 7.11 Å². The number of ether oxygens (including phenoxy) is 3. The Labute approximate surface area is 167 Å². The number of nitrogens with zero attached hydrogens (tertiary/aromatic N) is 1. The molecule has 0 N–H and O–H groups in total. The SMILES string of the molecule is COC(=O)CC1N(C(=O)OCc2ccccc2)CO[C@@]1(O[Si](C)(C)C)C(F)(F)F. The number of amides is 1. The number of methoxy groups -OCH3 is 1. The number of carbonyl (C=O) groups is 2. The summed E-state index contributed by atoms with van der Waals surface area (Å²) in [5, 5.41) is 0. The van der Waals surface area contributed by atoms with Crippen LogP contribution in [0.5, 0.6) is 0 Å². The van der Waals surface area contributed by atoms with Crippen molar-refractivity contribution < 1.29 is 41.4 Å². The number of carbonyl (C=O) groups excluding carboxylic acids is 2. The van der Waals surface area contributed by atoms with Crippen molar-refractivity contribution in [2.24, 2.45) is 0 Å². The summed E-state index contributed by atoms with van der Waals surface area (Å²) in [5.74, 6) is -4.08. The maximum atomic E-state index is 14.1. The van der Waals surface area contributed by atoms with Crippen LogP contribution in [0.1, 0.15) is 12.0 Å². The molecule has 11 heteroatoms. The molecule has 2 atom stereocenters. The Morgan fingerprint density at radius 2 is 1.86 bits per heavy atom. The van der Waals surface area contributed by atoms with Gasteiger partial charge in [-0.2, -0.15) is 13.2 Å². The van der Waals surface area contributed by atoms with Gasteiger partial charge in [-0.05, 0) is 25.2 Å². The molecule has 1 aliphatic heterocycles. The second-order valence-electron chi connectivity index (χ2n) is 7.46. The van der Waals surface area contributed by atoms with E-state index in [1.807, 2.05) is 0 Å². The molecule has 2 rings (SSSR count). The van der Waals surface area contributed by atoms with Crippen LogP contribution in [0.2, 0.25) is 19.6 Å². The Kier molecular flexibility index (Phi) is 6.96. The second-order valence-corrected chi connectivity index (χ2v) is 11.9. The summed E-state index contributed by atoms with van der Waals surface area (Å²) in [5.41, 5.74) is 0.658. The first-order valence-electron chi connectivity index (χ1n) is 8.84. The molecule has 7 nitrogen and oxygen atoms in total. The van der Waals surface area contributed by atoms with Crippen molar-refractivity contribution in [2.45, 2.75) is 50.7 Å². The molecule has 0 aromatic heterocycles. The molecule has 1 fully saturated rings. The van der Waals surface area contributed by atoms with E-state index in [2.05, 4.69) is 4.74 Å². The third kappa shape index (κ3) is 5.49. The van der Waals surface area contributed by atoms with E-state index in [0.29, 0.717) is 10.5 Å². The lowest BCUT2D eigenvalue weighted by Gasteiger charge is -2.40. The van der Waals surface area contributed by atoms with Gasteiger partial charge in [-0.3, -0.25) is 9.69 Å². The van der Waals surface area contributed by atoms with Gasteiger partial charge in [0.2, 0.25) is 0 Å². The minimum absolute atomic E-state index is 0.144. The summed E-state index contributed by atoms with van der Waals surface area (Å²) >= 11 is 0. The first-order chi connectivity index (χ1) is 13.4. The molecule has 1 aliphatic rings. The third-order valence-electron chi connectivity index (χ3n) is 4.11. The van der Waals surface area contributed by atoms with Gasteiger partial charge in [0.1, 0.15) is 19.4 Å². The number of hydrogen-bond acceptors (Lipinski definition) is 6. The molecule has 1 amide bonds. The molecule has 1 aromatic carbocycles. The van der Waals surface area contributed by atoms with Gasteiger partial charge in [0, 0.05) is 0 Å². The fraction of sp³-hybridized carbons (Fsp3) is 0.556. The van der Waals surface area contributed by atoms with Crippen molar-refractivity contribution in [3.05, 3.63) is 35.9 Å². The van der Waals surface area contributed by atoms with Gasteiger partial charge in [-0.15, -0.1) is 0 Å². The summed E-state index contributed by atoms with van der Waals surface area (Å²) in [4.78, 5) is 25.1. The largest absolute Gasteiger partial charge is 0.469 e. The Hall–Kier alpha value is -2.11. The first kappa shape index (κ1) is 23.2. The van der Waals surface area contributed by atoms with E-state index in [1.165, 1.54) is 0 Å². The molecule has 162 valence electrons. The predicted molar refractivity (Wildman–Crippen MR) is 98.1 cm³/mol. The van der Waals surface area contributed by atoms with Crippen LogP contribution in [-0.4, -0.2) is 57.1 Å². The molecule has 29 heavy (non-hydrogen) atoms. The number of benzene rings is 1. The standard InChI is InChI=1S/C18H24F3NO6Si/c1-25-15(23)10-14-17(18(19,20)21,28-29(2,3)4)27-12-22(14)16(24)26-11-13-8-6-5-7-9-13/h5-9,14H,10-12H2,1-4H3/t14?,17-/m0/s1. The first-order valence-corrected chi connectivity index (χ1v) is 12.3. The van der Waals surface area contributed by atoms with E-state index in [1.54, 1.807) is 50.0 Å². The van der Waals surface area contributed by atoms with E-state index in [9.17, 15) is 22.8 Å². The topological polar surface area (TPSA) is 74.3 Å². The number of halogens is 3. The fourth-order valence-electron chi connectivity index (χ4n) is 2.91.